The molecule has 4 nitrogen and oxygen atoms in total. The Balaban J connectivity index is 3.41. The lowest BCUT2D eigenvalue weighted by atomic mass is 10.2. The van der Waals surface area contributed by atoms with E-state index in [2.05, 4.69) is 4.42 Å². The van der Waals surface area contributed by atoms with E-state index >= 15 is 0 Å². The summed E-state index contributed by atoms with van der Waals surface area (Å²) >= 11 is 0. The maximum Gasteiger partial charge on any atom is 0.222 e. The molecular weight excluding hydrogens is 142 g/mol. The average molecular weight is 143 g/mol. The van der Waals surface area contributed by atoms with Crippen molar-refractivity contribution in [1.29, 1.82) is 15.8 Å². The molecule has 0 spiro atoms. The summed E-state index contributed by atoms with van der Waals surface area (Å²) in [4.78, 5) is 0. The van der Waals surface area contributed by atoms with Crippen LogP contribution < -0.4 is 0 Å². The molecule has 0 fully saturated rings. The molecule has 1 heterocycles. The highest BCUT2D eigenvalue weighted by Gasteiger charge is 2.11. The molecule has 11 heavy (non-hydrogen) atoms. The molecule has 50 valence electrons. The monoisotopic (exact) mass is 143 g/mol. The average Bonchev–Trinajstić information content (AvgIpc) is 2.45. The Kier molecular flexibility index (Phi) is 1.60. The lowest BCUT2D eigenvalue weighted by Crippen LogP contribution is -1.77. The van der Waals surface area contributed by atoms with Crippen molar-refractivity contribution < 1.29 is 4.42 Å². The minimum absolute atomic E-state index is 0.00926. The van der Waals surface area contributed by atoms with Gasteiger partial charge >= 0.3 is 0 Å². The van der Waals surface area contributed by atoms with E-state index in [9.17, 15) is 0 Å². The van der Waals surface area contributed by atoms with Crippen LogP contribution in [0.2, 0.25) is 0 Å². The van der Waals surface area contributed by atoms with Gasteiger partial charge in [-0.1, -0.05) is 0 Å². The van der Waals surface area contributed by atoms with Crippen LogP contribution in [0.3, 0.4) is 0 Å². The van der Waals surface area contributed by atoms with Crippen LogP contribution in [0.25, 0.3) is 0 Å². The number of furan rings is 1. The standard InChI is InChI=1S/C7HN3O/c8-1-5-4-11-7(3-10)6(5)2-9/h4H. The molecule has 0 aromatic carbocycles. The molecule has 1 aromatic heterocycles. The highest BCUT2D eigenvalue weighted by atomic mass is 16.3. The zero-order valence-corrected chi connectivity index (χ0v) is 5.33. The van der Waals surface area contributed by atoms with Gasteiger partial charge in [-0.2, -0.15) is 15.8 Å². The Morgan fingerprint density at radius 3 is 2.27 bits per heavy atom. The Morgan fingerprint density at radius 1 is 1.09 bits per heavy atom. The summed E-state index contributed by atoms with van der Waals surface area (Å²) in [5.74, 6) is -0.107. The largest absolute Gasteiger partial charge is 0.451 e. The summed E-state index contributed by atoms with van der Waals surface area (Å²) in [6.07, 6.45) is 1.09. The van der Waals surface area contributed by atoms with Crippen LogP contribution in [0, 0.1) is 34.0 Å². The van der Waals surface area contributed by atoms with Gasteiger partial charge in [0.15, 0.2) is 0 Å². The zero-order valence-electron chi connectivity index (χ0n) is 5.33. The summed E-state index contributed by atoms with van der Waals surface area (Å²) in [6.45, 7) is 0. The van der Waals surface area contributed by atoms with Crippen molar-refractivity contribution in [2.45, 2.75) is 0 Å². The number of hydrogen-bond acceptors (Lipinski definition) is 4. The third kappa shape index (κ3) is 0.913. The fourth-order valence-corrected chi connectivity index (χ4v) is 0.634. The molecule has 0 amide bonds. The highest BCUT2D eigenvalue weighted by Crippen LogP contribution is 2.13. The molecule has 1 rings (SSSR count). The van der Waals surface area contributed by atoms with Gasteiger partial charge < -0.3 is 4.42 Å². The molecule has 0 radical (unpaired) electrons. The first kappa shape index (κ1) is 6.86. The van der Waals surface area contributed by atoms with Crippen LogP contribution in [-0.4, -0.2) is 0 Å². The first-order chi connectivity index (χ1) is 5.33. The maximum atomic E-state index is 8.44. The number of nitriles is 3. The minimum atomic E-state index is -0.107. The van der Waals surface area contributed by atoms with Crippen LogP contribution in [0.4, 0.5) is 0 Å². The van der Waals surface area contributed by atoms with Crippen LogP contribution in [-0.2, 0) is 0 Å². The van der Waals surface area contributed by atoms with Crippen molar-refractivity contribution in [1.82, 2.24) is 0 Å². The molecule has 0 aliphatic carbocycles. The van der Waals surface area contributed by atoms with Crippen LogP contribution in [0.5, 0.6) is 0 Å². The van der Waals surface area contributed by atoms with Gasteiger partial charge in [0, 0.05) is 0 Å². The van der Waals surface area contributed by atoms with Crippen molar-refractivity contribution in [3.63, 3.8) is 0 Å². The molecule has 0 unspecified atom stereocenters. The summed E-state index contributed by atoms with van der Waals surface area (Å²) in [7, 11) is 0. The molecule has 0 aliphatic heterocycles. The first-order valence-corrected chi connectivity index (χ1v) is 2.65. The molecule has 0 saturated heterocycles. The smallest absolute Gasteiger partial charge is 0.222 e. The first-order valence-electron chi connectivity index (χ1n) is 2.65. The third-order valence-corrected chi connectivity index (χ3v) is 1.12. The van der Waals surface area contributed by atoms with Gasteiger partial charge in [0.05, 0.1) is 0 Å². The summed E-state index contributed by atoms with van der Waals surface area (Å²) in [5, 5.41) is 25.2. The number of hydrogen-bond donors (Lipinski definition) is 0. The van der Waals surface area contributed by atoms with Gasteiger partial charge in [0.25, 0.3) is 0 Å². The van der Waals surface area contributed by atoms with E-state index in [0.717, 1.165) is 6.26 Å². The van der Waals surface area contributed by atoms with E-state index in [-0.39, 0.29) is 16.9 Å². The van der Waals surface area contributed by atoms with Gasteiger partial charge in [-0.05, 0) is 0 Å². The second-order valence-corrected chi connectivity index (χ2v) is 1.69. The topological polar surface area (TPSA) is 84.5 Å². The SMILES string of the molecule is N#Cc1coc(C#N)c1C#N. The fraction of sp³-hybridized carbons (Fsp3) is 0. The van der Waals surface area contributed by atoms with E-state index in [1.807, 2.05) is 0 Å². The minimum Gasteiger partial charge on any atom is -0.451 e. The molecule has 0 atom stereocenters. The Labute approximate surface area is 62.5 Å². The predicted molar refractivity (Wildman–Crippen MR) is 32.9 cm³/mol. The lowest BCUT2D eigenvalue weighted by Gasteiger charge is -1.76. The Hall–Kier alpha value is -2.25. The zero-order chi connectivity index (χ0) is 8.27. The molecular formula is C7HN3O. The molecule has 0 saturated carbocycles. The molecule has 0 aliphatic rings. The molecule has 0 N–H and O–H groups in total. The Bertz CT molecular complexity index is 365. The quantitative estimate of drug-likeness (QED) is 0.539. The highest BCUT2D eigenvalue weighted by molar-refractivity contribution is 5.50. The third-order valence-electron chi connectivity index (χ3n) is 1.12. The van der Waals surface area contributed by atoms with E-state index in [1.165, 1.54) is 0 Å². The number of rotatable bonds is 0. The summed E-state index contributed by atoms with van der Waals surface area (Å²) < 4.78 is 4.62. The van der Waals surface area contributed by atoms with E-state index < -0.39 is 0 Å². The molecule has 0 bridgehead atoms. The predicted octanol–water partition coefficient (Wildman–Crippen LogP) is 0.895. The maximum absolute atomic E-state index is 8.44. The van der Waals surface area contributed by atoms with Crippen LogP contribution in [0.1, 0.15) is 16.9 Å². The van der Waals surface area contributed by atoms with E-state index in [4.69, 9.17) is 15.8 Å². The van der Waals surface area contributed by atoms with Crippen molar-refractivity contribution in [2.24, 2.45) is 0 Å². The number of nitrogens with zero attached hydrogens (tertiary/aromatic N) is 3. The van der Waals surface area contributed by atoms with E-state index in [1.54, 1.807) is 18.2 Å². The fourth-order valence-electron chi connectivity index (χ4n) is 0.634. The van der Waals surface area contributed by atoms with E-state index in [0.29, 0.717) is 0 Å². The van der Waals surface area contributed by atoms with Crippen LogP contribution >= 0.6 is 0 Å². The van der Waals surface area contributed by atoms with Gasteiger partial charge in [-0.25, -0.2) is 0 Å². The van der Waals surface area contributed by atoms with Crippen molar-refractivity contribution in [3.05, 3.63) is 23.2 Å². The second-order valence-electron chi connectivity index (χ2n) is 1.69. The lowest BCUT2D eigenvalue weighted by molar-refractivity contribution is 0.551. The normalized spacial score (nSPS) is 7.73. The molecule has 4 heteroatoms. The van der Waals surface area contributed by atoms with Crippen molar-refractivity contribution >= 4 is 0 Å². The van der Waals surface area contributed by atoms with Crippen molar-refractivity contribution in [3.8, 4) is 18.2 Å². The van der Waals surface area contributed by atoms with Gasteiger partial charge in [0.2, 0.25) is 5.76 Å². The van der Waals surface area contributed by atoms with Gasteiger partial charge in [0.1, 0.15) is 35.6 Å². The van der Waals surface area contributed by atoms with Gasteiger partial charge in [-0.15, -0.1) is 0 Å². The van der Waals surface area contributed by atoms with Crippen LogP contribution in [0.15, 0.2) is 10.7 Å². The summed E-state index contributed by atoms with van der Waals surface area (Å²) in [5.41, 5.74) is 0.110. The van der Waals surface area contributed by atoms with Gasteiger partial charge in [-0.3, -0.25) is 0 Å². The molecule has 1 aromatic rings. The Morgan fingerprint density at radius 2 is 1.82 bits per heavy atom. The summed E-state index contributed by atoms with van der Waals surface area (Å²) in [6, 6.07) is 5.10. The second kappa shape index (κ2) is 2.56. The van der Waals surface area contributed by atoms with Crippen molar-refractivity contribution in [2.75, 3.05) is 0 Å².